The monoisotopic (exact) mass is 197 g/mol. The van der Waals surface area contributed by atoms with Crippen LogP contribution in [0.4, 0.5) is 0 Å². The van der Waals surface area contributed by atoms with Crippen molar-refractivity contribution in [1.82, 2.24) is 9.78 Å². The average molecular weight is 197 g/mol. The van der Waals surface area contributed by atoms with Gasteiger partial charge < -0.3 is 9.94 Å². The van der Waals surface area contributed by atoms with Gasteiger partial charge in [0.05, 0.1) is 11.9 Å². The van der Waals surface area contributed by atoms with Gasteiger partial charge in [-0.25, -0.2) is 4.79 Å². The minimum Gasteiger partial charge on any atom is -0.479 e. The van der Waals surface area contributed by atoms with E-state index in [0.29, 0.717) is 5.71 Å². The van der Waals surface area contributed by atoms with E-state index in [1.165, 1.54) is 0 Å². The summed E-state index contributed by atoms with van der Waals surface area (Å²) in [5.74, 6) is -1.05. The van der Waals surface area contributed by atoms with E-state index in [1.54, 1.807) is 31.0 Å². The van der Waals surface area contributed by atoms with Gasteiger partial charge in [-0.1, -0.05) is 5.16 Å². The molecule has 1 rings (SSSR count). The van der Waals surface area contributed by atoms with Crippen LogP contribution in [0, 0.1) is 0 Å². The van der Waals surface area contributed by atoms with Crippen LogP contribution in [0.1, 0.15) is 12.5 Å². The second-order valence-corrected chi connectivity index (χ2v) is 2.75. The summed E-state index contributed by atoms with van der Waals surface area (Å²) < 4.78 is 1.63. The zero-order chi connectivity index (χ0) is 10.6. The molecule has 0 amide bonds. The highest BCUT2D eigenvalue weighted by molar-refractivity contribution is 5.97. The molecule has 0 fully saturated rings. The van der Waals surface area contributed by atoms with Crippen molar-refractivity contribution in [2.75, 3.05) is 6.61 Å². The van der Waals surface area contributed by atoms with Crippen LogP contribution in [0.25, 0.3) is 0 Å². The molecule has 6 heteroatoms. The minimum atomic E-state index is -1.05. The number of aliphatic carboxylic acids is 1. The van der Waals surface area contributed by atoms with E-state index in [2.05, 4.69) is 15.1 Å². The molecule has 1 N–H and O–H groups in total. The van der Waals surface area contributed by atoms with Crippen LogP contribution >= 0.6 is 0 Å². The Morgan fingerprint density at radius 2 is 2.50 bits per heavy atom. The molecular formula is C8H11N3O3. The van der Waals surface area contributed by atoms with Gasteiger partial charge in [0, 0.05) is 18.8 Å². The molecule has 0 radical (unpaired) electrons. The van der Waals surface area contributed by atoms with Crippen molar-refractivity contribution in [2.45, 2.75) is 6.92 Å². The molecule has 0 unspecified atom stereocenters. The number of rotatable bonds is 4. The van der Waals surface area contributed by atoms with E-state index in [0.717, 1.165) is 5.56 Å². The molecule has 76 valence electrons. The maximum atomic E-state index is 10.1. The van der Waals surface area contributed by atoms with Crippen LogP contribution in [0.2, 0.25) is 0 Å². The molecule has 14 heavy (non-hydrogen) atoms. The van der Waals surface area contributed by atoms with Crippen molar-refractivity contribution < 1.29 is 14.7 Å². The number of carbonyl (C=O) groups is 1. The second kappa shape index (κ2) is 4.40. The van der Waals surface area contributed by atoms with E-state index in [9.17, 15) is 4.79 Å². The standard InChI is InChI=1S/C8H11N3O3/c1-6(10-14-5-8(12)13)7-3-9-11(2)4-7/h3-4H,5H2,1-2H3,(H,12,13). The predicted octanol–water partition coefficient (Wildman–Crippen LogP) is 0.245. The number of oxime groups is 1. The summed E-state index contributed by atoms with van der Waals surface area (Å²) in [4.78, 5) is 14.7. The van der Waals surface area contributed by atoms with Gasteiger partial charge in [0.25, 0.3) is 0 Å². The third-order valence-corrected chi connectivity index (χ3v) is 1.51. The molecule has 0 aliphatic heterocycles. The highest BCUT2D eigenvalue weighted by Crippen LogP contribution is 1.99. The number of hydrogen-bond donors (Lipinski definition) is 1. The molecule has 1 aromatic heterocycles. The van der Waals surface area contributed by atoms with Gasteiger partial charge >= 0.3 is 5.97 Å². The number of carboxylic acids is 1. The number of aromatic nitrogens is 2. The first-order valence-electron chi connectivity index (χ1n) is 3.97. The lowest BCUT2D eigenvalue weighted by Gasteiger charge is -1.96. The van der Waals surface area contributed by atoms with Crippen LogP contribution in [-0.4, -0.2) is 33.2 Å². The average Bonchev–Trinajstić information content (AvgIpc) is 2.51. The fourth-order valence-corrected chi connectivity index (χ4v) is 0.845. The highest BCUT2D eigenvalue weighted by atomic mass is 16.6. The molecule has 0 bridgehead atoms. The summed E-state index contributed by atoms with van der Waals surface area (Å²) in [6, 6.07) is 0. The van der Waals surface area contributed by atoms with E-state index >= 15 is 0 Å². The lowest BCUT2D eigenvalue weighted by molar-refractivity contribution is -0.142. The number of aryl methyl sites for hydroxylation is 1. The smallest absolute Gasteiger partial charge is 0.344 e. The Kier molecular flexibility index (Phi) is 3.22. The van der Waals surface area contributed by atoms with Crippen molar-refractivity contribution in [3.63, 3.8) is 0 Å². The molecule has 0 saturated heterocycles. The third kappa shape index (κ3) is 2.89. The van der Waals surface area contributed by atoms with Crippen molar-refractivity contribution in [2.24, 2.45) is 12.2 Å². The molecule has 0 atom stereocenters. The van der Waals surface area contributed by atoms with Crippen molar-refractivity contribution in [3.8, 4) is 0 Å². The Bertz CT molecular complexity index is 356. The largest absolute Gasteiger partial charge is 0.479 e. The SMILES string of the molecule is CC(=NOCC(=O)O)c1cnn(C)c1. The van der Waals surface area contributed by atoms with E-state index in [1.807, 2.05) is 0 Å². The summed E-state index contributed by atoms with van der Waals surface area (Å²) in [7, 11) is 1.79. The maximum absolute atomic E-state index is 10.1. The molecule has 0 saturated carbocycles. The molecule has 6 nitrogen and oxygen atoms in total. The van der Waals surface area contributed by atoms with Crippen LogP contribution in [0.5, 0.6) is 0 Å². The maximum Gasteiger partial charge on any atom is 0.344 e. The Labute approximate surface area is 80.8 Å². The van der Waals surface area contributed by atoms with Gasteiger partial charge in [0.1, 0.15) is 0 Å². The summed E-state index contributed by atoms with van der Waals surface area (Å²) >= 11 is 0. The molecule has 1 aromatic rings. The predicted molar refractivity (Wildman–Crippen MR) is 49.0 cm³/mol. The van der Waals surface area contributed by atoms with Crippen LogP contribution < -0.4 is 0 Å². The van der Waals surface area contributed by atoms with Gasteiger partial charge in [0.15, 0.2) is 0 Å². The van der Waals surface area contributed by atoms with Gasteiger partial charge in [-0.3, -0.25) is 4.68 Å². The highest BCUT2D eigenvalue weighted by Gasteiger charge is 2.01. The molecule has 0 aromatic carbocycles. The Morgan fingerprint density at radius 1 is 1.79 bits per heavy atom. The van der Waals surface area contributed by atoms with E-state index in [-0.39, 0.29) is 0 Å². The number of hydrogen-bond acceptors (Lipinski definition) is 4. The van der Waals surface area contributed by atoms with Gasteiger partial charge in [0.2, 0.25) is 6.61 Å². The number of nitrogens with zero attached hydrogens (tertiary/aromatic N) is 3. The summed E-state index contributed by atoms with van der Waals surface area (Å²) in [6.45, 7) is 1.29. The fraction of sp³-hybridized carbons (Fsp3) is 0.375. The molecule has 0 aliphatic carbocycles. The lowest BCUT2D eigenvalue weighted by Crippen LogP contribution is -2.05. The quantitative estimate of drug-likeness (QED) is 0.554. The summed E-state index contributed by atoms with van der Waals surface area (Å²) in [5, 5.41) is 15.9. The van der Waals surface area contributed by atoms with Gasteiger partial charge in [-0.05, 0) is 6.92 Å². The normalized spacial score (nSPS) is 11.4. The first-order chi connectivity index (χ1) is 6.59. The summed E-state index contributed by atoms with van der Waals surface area (Å²) in [6.07, 6.45) is 3.39. The van der Waals surface area contributed by atoms with Gasteiger partial charge in [-0.2, -0.15) is 5.10 Å². The van der Waals surface area contributed by atoms with Gasteiger partial charge in [-0.15, -0.1) is 0 Å². The minimum absolute atomic E-state index is 0.433. The lowest BCUT2D eigenvalue weighted by atomic mass is 10.2. The molecular weight excluding hydrogens is 186 g/mol. The zero-order valence-corrected chi connectivity index (χ0v) is 7.97. The zero-order valence-electron chi connectivity index (χ0n) is 7.97. The second-order valence-electron chi connectivity index (χ2n) is 2.75. The van der Waals surface area contributed by atoms with Crippen LogP contribution in [-0.2, 0) is 16.7 Å². The van der Waals surface area contributed by atoms with Crippen molar-refractivity contribution in [1.29, 1.82) is 0 Å². The number of carboxylic acid groups (broad SMARTS) is 1. The molecule has 0 spiro atoms. The molecule has 1 heterocycles. The van der Waals surface area contributed by atoms with Crippen molar-refractivity contribution in [3.05, 3.63) is 18.0 Å². The Balaban J connectivity index is 2.56. The van der Waals surface area contributed by atoms with E-state index in [4.69, 9.17) is 5.11 Å². The van der Waals surface area contributed by atoms with Crippen molar-refractivity contribution >= 4 is 11.7 Å². The van der Waals surface area contributed by atoms with Crippen LogP contribution in [0.15, 0.2) is 17.5 Å². The Hall–Kier alpha value is -1.85. The fourth-order valence-electron chi connectivity index (χ4n) is 0.845. The van der Waals surface area contributed by atoms with Crippen LogP contribution in [0.3, 0.4) is 0 Å². The topological polar surface area (TPSA) is 76.7 Å². The van der Waals surface area contributed by atoms with E-state index < -0.39 is 12.6 Å². The summed E-state index contributed by atoms with van der Waals surface area (Å²) in [5.41, 5.74) is 1.40. The Morgan fingerprint density at radius 3 is 3.00 bits per heavy atom. The first kappa shape index (κ1) is 10.2. The first-order valence-corrected chi connectivity index (χ1v) is 3.97. The third-order valence-electron chi connectivity index (χ3n) is 1.51. The molecule has 0 aliphatic rings.